The molecule has 4 aromatic rings. The molecule has 2 heterocycles. The molecule has 0 bridgehead atoms. The molecule has 2 aromatic carbocycles. The highest BCUT2D eigenvalue weighted by atomic mass is 16.3. The van der Waals surface area contributed by atoms with Crippen LogP contribution in [0.25, 0.3) is 11.2 Å². The number of amides is 1. The lowest BCUT2D eigenvalue weighted by molar-refractivity contribution is 0.102. The molecular weight excluding hydrogens is 380 g/mol. The van der Waals surface area contributed by atoms with E-state index in [4.69, 9.17) is 0 Å². The largest absolute Gasteiger partial charge is 0.508 e. The molecule has 4 rings (SSSR count). The molecule has 0 aliphatic rings. The number of fused-ring (bicyclic) bond motifs is 1. The average molecular weight is 402 g/mol. The predicted molar refractivity (Wildman–Crippen MR) is 116 cm³/mol. The number of aromatic nitrogens is 4. The maximum atomic E-state index is 12.5. The number of rotatable bonds is 5. The van der Waals surface area contributed by atoms with E-state index in [-0.39, 0.29) is 17.7 Å². The van der Waals surface area contributed by atoms with E-state index in [9.17, 15) is 9.90 Å². The van der Waals surface area contributed by atoms with E-state index < -0.39 is 0 Å². The monoisotopic (exact) mass is 402 g/mol. The van der Waals surface area contributed by atoms with Crippen LogP contribution in [0, 0.1) is 6.92 Å². The average Bonchev–Trinajstić information content (AvgIpc) is 3.10. The van der Waals surface area contributed by atoms with Gasteiger partial charge in [0.2, 0.25) is 0 Å². The van der Waals surface area contributed by atoms with Gasteiger partial charge in [0.15, 0.2) is 5.65 Å². The smallest absolute Gasteiger partial charge is 0.255 e. The van der Waals surface area contributed by atoms with Crippen LogP contribution in [-0.4, -0.2) is 30.8 Å². The van der Waals surface area contributed by atoms with Crippen molar-refractivity contribution in [3.63, 3.8) is 0 Å². The third kappa shape index (κ3) is 3.93. The topological polar surface area (TPSA) is 105 Å². The predicted octanol–water partition coefficient (Wildman–Crippen LogP) is 3.80. The number of phenolic OH excluding ortho intramolecular Hbond substituents is 1. The van der Waals surface area contributed by atoms with Crippen LogP contribution in [-0.2, 0) is 7.05 Å². The van der Waals surface area contributed by atoms with E-state index in [1.807, 2.05) is 38.2 Å². The Balaban J connectivity index is 1.49. The normalized spacial score (nSPS) is 12.0. The van der Waals surface area contributed by atoms with Gasteiger partial charge in [0, 0.05) is 18.3 Å². The molecule has 0 saturated carbocycles. The van der Waals surface area contributed by atoms with Gasteiger partial charge in [-0.05, 0) is 55.3 Å². The molecule has 0 aliphatic heterocycles. The molecular formula is C22H22N6O2. The Morgan fingerprint density at radius 3 is 2.80 bits per heavy atom. The second-order valence-corrected chi connectivity index (χ2v) is 7.18. The number of nitrogens with zero attached hydrogens (tertiary/aromatic N) is 4. The van der Waals surface area contributed by atoms with Crippen molar-refractivity contribution in [1.82, 2.24) is 19.7 Å². The fourth-order valence-corrected chi connectivity index (χ4v) is 3.17. The van der Waals surface area contributed by atoms with Gasteiger partial charge in [0.25, 0.3) is 5.91 Å². The summed E-state index contributed by atoms with van der Waals surface area (Å²) in [6.45, 7) is 3.77. The van der Waals surface area contributed by atoms with Crippen LogP contribution in [0.2, 0.25) is 0 Å². The summed E-state index contributed by atoms with van der Waals surface area (Å²) in [7, 11) is 1.83. The Labute approximate surface area is 173 Å². The molecule has 8 nitrogen and oxygen atoms in total. The summed E-state index contributed by atoms with van der Waals surface area (Å²) >= 11 is 0. The van der Waals surface area contributed by atoms with Gasteiger partial charge in [-0.2, -0.15) is 5.10 Å². The fraction of sp³-hybridized carbons (Fsp3) is 0.182. The van der Waals surface area contributed by atoms with E-state index in [0.29, 0.717) is 28.3 Å². The lowest BCUT2D eigenvalue weighted by Gasteiger charge is -2.16. The molecule has 2 aromatic heterocycles. The number of nitrogens with one attached hydrogen (secondary N) is 2. The molecule has 1 atom stereocenters. The van der Waals surface area contributed by atoms with Crippen LogP contribution in [0.5, 0.6) is 5.75 Å². The van der Waals surface area contributed by atoms with Gasteiger partial charge in [-0.25, -0.2) is 14.6 Å². The van der Waals surface area contributed by atoms with Crippen LogP contribution in [0.4, 0.5) is 11.5 Å². The van der Waals surface area contributed by atoms with Gasteiger partial charge in [-0.3, -0.25) is 4.79 Å². The first kappa shape index (κ1) is 19.4. The van der Waals surface area contributed by atoms with Crippen molar-refractivity contribution in [3.8, 4) is 5.75 Å². The highest BCUT2D eigenvalue weighted by Crippen LogP contribution is 2.23. The first-order chi connectivity index (χ1) is 14.4. The Bertz CT molecular complexity index is 1230. The fourth-order valence-electron chi connectivity index (χ4n) is 3.17. The SMILES string of the molecule is Cc1cc(C(=O)Nc2cccc([C@H](C)Nc3cnc4cnn(C)c4n3)c2)ccc1O. The first-order valence-corrected chi connectivity index (χ1v) is 9.53. The zero-order valence-corrected chi connectivity index (χ0v) is 16.9. The quantitative estimate of drug-likeness (QED) is 0.469. The third-order valence-electron chi connectivity index (χ3n) is 4.91. The molecule has 0 radical (unpaired) electrons. The number of carbonyl (C=O) groups excluding carboxylic acids is 1. The molecule has 0 saturated heterocycles. The Morgan fingerprint density at radius 1 is 1.17 bits per heavy atom. The minimum Gasteiger partial charge on any atom is -0.508 e. The van der Waals surface area contributed by atoms with Crippen LogP contribution in [0.3, 0.4) is 0 Å². The van der Waals surface area contributed by atoms with Crippen molar-refractivity contribution in [3.05, 3.63) is 71.5 Å². The molecule has 0 fully saturated rings. The summed E-state index contributed by atoms with van der Waals surface area (Å²) in [5.41, 5.74) is 4.26. The zero-order chi connectivity index (χ0) is 21.3. The van der Waals surface area contributed by atoms with Gasteiger partial charge in [0.1, 0.15) is 17.1 Å². The van der Waals surface area contributed by atoms with Crippen LogP contribution < -0.4 is 10.6 Å². The number of carbonyl (C=O) groups is 1. The maximum absolute atomic E-state index is 12.5. The van der Waals surface area contributed by atoms with Crippen molar-refractivity contribution in [1.29, 1.82) is 0 Å². The van der Waals surface area contributed by atoms with E-state index in [2.05, 4.69) is 25.7 Å². The highest BCUT2D eigenvalue weighted by molar-refractivity contribution is 6.04. The number of benzene rings is 2. The second-order valence-electron chi connectivity index (χ2n) is 7.18. The maximum Gasteiger partial charge on any atom is 0.255 e. The summed E-state index contributed by atoms with van der Waals surface area (Å²) in [6.07, 6.45) is 3.36. The molecule has 152 valence electrons. The van der Waals surface area contributed by atoms with E-state index >= 15 is 0 Å². The minimum absolute atomic E-state index is 0.0576. The van der Waals surface area contributed by atoms with Crippen molar-refractivity contribution in [2.24, 2.45) is 7.05 Å². The zero-order valence-electron chi connectivity index (χ0n) is 16.9. The van der Waals surface area contributed by atoms with E-state index in [1.165, 1.54) is 6.07 Å². The Hall–Kier alpha value is -3.94. The third-order valence-corrected chi connectivity index (χ3v) is 4.91. The Morgan fingerprint density at radius 2 is 2.00 bits per heavy atom. The minimum atomic E-state index is -0.233. The van der Waals surface area contributed by atoms with Crippen molar-refractivity contribution in [2.45, 2.75) is 19.9 Å². The summed E-state index contributed by atoms with van der Waals surface area (Å²) in [6, 6.07) is 12.3. The summed E-state index contributed by atoms with van der Waals surface area (Å²) in [5, 5.41) is 20.0. The number of aromatic hydroxyl groups is 1. The lowest BCUT2D eigenvalue weighted by Crippen LogP contribution is -2.13. The lowest BCUT2D eigenvalue weighted by atomic mass is 10.1. The molecule has 0 unspecified atom stereocenters. The molecule has 3 N–H and O–H groups in total. The molecule has 0 spiro atoms. The van der Waals surface area contributed by atoms with Gasteiger partial charge >= 0.3 is 0 Å². The number of hydrogen-bond donors (Lipinski definition) is 3. The summed E-state index contributed by atoms with van der Waals surface area (Å²) < 4.78 is 1.68. The summed E-state index contributed by atoms with van der Waals surface area (Å²) in [4.78, 5) is 21.5. The van der Waals surface area contributed by atoms with Gasteiger partial charge in [0.05, 0.1) is 18.4 Å². The Kier molecular flexibility index (Phi) is 5.05. The van der Waals surface area contributed by atoms with E-state index in [1.54, 1.807) is 36.1 Å². The van der Waals surface area contributed by atoms with Crippen LogP contribution >= 0.6 is 0 Å². The highest BCUT2D eigenvalue weighted by Gasteiger charge is 2.12. The number of phenols is 1. The standard InChI is InChI=1S/C22H22N6O2/c1-13-9-16(7-8-19(13)29)22(30)26-17-6-4-5-15(10-17)14(2)25-20-12-23-18-11-24-28(3)21(18)27-20/h4-12,14,29H,1-3H3,(H,25,27)(H,26,30)/t14-/m0/s1. The second kappa shape index (κ2) is 7.82. The van der Waals surface area contributed by atoms with Crippen molar-refractivity contribution in [2.75, 3.05) is 10.6 Å². The van der Waals surface area contributed by atoms with E-state index in [0.717, 1.165) is 11.1 Å². The first-order valence-electron chi connectivity index (χ1n) is 9.53. The van der Waals surface area contributed by atoms with Crippen LogP contribution in [0.1, 0.15) is 34.5 Å². The van der Waals surface area contributed by atoms with Crippen molar-refractivity contribution < 1.29 is 9.90 Å². The summed E-state index contributed by atoms with van der Waals surface area (Å²) in [5.74, 6) is 0.580. The van der Waals surface area contributed by atoms with Gasteiger partial charge < -0.3 is 15.7 Å². The molecule has 1 amide bonds. The van der Waals surface area contributed by atoms with Gasteiger partial charge in [-0.1, -0.05) is 12.1 Å². The van der Waals surface area contributed by atoms with Crippen molar-refractivity contribution >= 4 is 28.6 Å². The van der Waals surface area contributed by atoms with Crippen LogP contribution in [0.15, 0.2) is 54.9 Å². The molecule has 30 heavy (non-hydrogen) atoms. The number of anilines is 2. The molecule has 0 aliphatic carbocycles. The van der Waals surface area contributed by atoms with Gasteiger partial charge in [-0.15, -0.1) is 0 Å². The number of aryl methyl sites for hydroxylation is 2. The molecule has 8 heteroatoms. The number of hydrogen-bond acceptors (Lipinski definition) is 6.